The third-order valence-electron chi connectivity index (χ3n) is 8.11. The van der Waals surface area contributed by atoms with E-state index in [9.17, 15) is 0 Å². The van der Waals surface area contributed by atoms with Gasteiger partial charge in [-0.25, -0.2) is 14.5 Å². The monoisotopic (exact) mass is 433 g/mol. The zero-order valence-electron chi connectivity index (χ0n) is 20.8. The van der Waals surface area contributed by atoms with Crippen molar-refractivity contribution in [1.29, 1.82) is 0 Å². The lowest BCUT2D eigenvalue weighted by Gasteiger charge is -2.59. The minimum absolute atomic E-state index is 0.0139. The van der Waals surface area contributed by atoms with Gasteiger partial charge in [-0.3, -0.25) is 4.81 Å². The maximum atomic E-state index is 5.00. The van der Waals surface area contributed by atoms with E-state index in [0.29, 0.717) is 0 Å². The molecule has 0 radical (unpaired) electrons. The summed E-state index contributed by atoms with van der Waals surface area (Å²) in [6, 6.07) is 4.11. The quantitative estimate of drug-likeness (QED) is 0.467. The van der Waals surface area contributed by atoms with Crippen LogP contribution in [0.4, 0.5) is 11.9 Å². The molecular weight excluding hydrogens is 395 g/mol. The lowest BCUT2D eigenvalue weighted by molar-refractivity contribution is -0.763. The van der Waals surface area contributed by atoms with Crippen LogP contribution in [-0.4, -0.2) is 21.9 Å². The van der Waals surface area contributed by atoms with Gasteiger partial charge in [0.05, 0.1) is 23.3 Å². The van der Waals surface area contributed by atoms with Gasteiger partial charge in [-0.1, -0.05) is 52.9 Å². The molecule has 0 saturated heterocycles. The van der Waals surface area contributed by atoms with Gasteiger partial charge >= 0.3 is 12.9 Å². The maximum absolute atomic E-state index is 5.00. The Balaban J connectivity index is 1.93. The highest BCUT2D eigenvalue weighted by atomic mass is 15.4. The topological polar surface area (TPSA) is 49.0 Å². The summed E-state index contributed by atoms with van der Waals surface area (Å²) in [7, 11) is 0. The number of rotatable bonds is 6. The molecule has 2 aliphatic heterocycles. The molecule has 2 aromatic rings. The van der Waals surface area contributed by atoms with Gasteiger partial charge in [-0.05, 0) is 44.1 Å². The summed E-state index contributed by atoms with van der Waals surface area (Å²) < 4.78 is 2.41. The molecule has 0 bridgehead atoms. The van der Waals surface area contributed by atoms with Gasteiger partial charge < -0.3 is 4.81 Å². The van der Waals surface area contributed by atoms with Gasteiger partial charge in [0.2, 0.25) is 5.95 Å². The number of fused-ring (bicyclic) bond motifs is 3. The average Bonchev–Trinajstić information content (AvgIpc) is 3.23. The van der Waals surface area contributed by atoms with Crippen LogP contribution in [0.25, 0.3) is 0 Å². The molecule has 32 heavy (non-hydrogen) atoms. The molecular formula is C25H38BN6+. The van der Waals surface area contributed by atoms with Crippen molar-refractivity contribution in [2.24, 2.45) is 5.41 Å². The molecule has 0 aliphatic carbocycles. The number of unbranched alkanes of at least 4 members (excludes halogenated alkanes) is 1. The van der Waals surface area contributed by atoms with Gasteiger partial charge in [-0.15, -0.1) is 0 Å². The molecule has 2 aliphatic rings. The lowest BCUT2D eigenvalue weighted by atomic mass is 9.32. The standard InChI is InChI=1S/C25H38BN6/c1-8-11-13-20-14-16-27-21(29-20)31-18-19-32-22-28-15-12-17-30(22)24(7,9-2)25(10-3,26(31)32)23(4,5)6/h12,14-19H,8-11,13H2,1-7H3/q+1. The van der Waals surface area contributed by atoms with Gasteiger partial charge in [0.15, 0.2) is 0 Å². The third kappa shape index (κ3) is 3.07. The van der Waals surface area contributed by atoms with Crippen LogP contribution in [0.1, 0.15) is 79.8 Å². The zero-order valence-corrected chi connectivity index (χ0v) is 20.8. The fraction of sp³-hybridized carbons (Fsp3) is 0.600. The van der Waals surface area contributed by atoms with Crippen LogP contribution in [-0.2, 0) is 12.0 Å². The van der Waals surface area contributed by atoms with E-state index in [1.54, 1.807) is 0 Å². The first-order chi connectivity index (χ1) is 15.2. The van der Waals surface area contributed by atoms with E-state index in [-0.39, 0.29) is 23.3 Å². The number of nitrogens with zero attached hydrogens (tertiary/aromatic N) is 6. The molecule has 0 spiro atoms. The fourth-order valence-corrected chi connectivity index (χ4v) is 6.48. The first kappa shape index (κ1) is 22.7. The van der Waals surface area contributed by atoms with Crippen LogP contribution in [0, 0.1) is 5.41 Å². The van der Waals surface area contributed by atoms with E-state index < -0.39 is 0 Å². The lowest BCUT2D eigenvalue weighted by Crippen LogP contribution is -2.78. The highest BCUT2D eigenvalue weighted by molar-refractivity contribution is 6.72. The Bertz CT molecular complexity index is 1000. The van der Waals surface area contributed by atoms with E-state index in [0.717, 1.165) is 49.7 Å². The highest BCUT2D eigenvalue weighted by Crippen LogP contribution is 2.64. The Morgan fingerprint density at radius 2 is 1.78 bits per heavy atom. The van der Waals surface area contributed by atoms with Gasteiger partial charge in [0, 0.05) is 24.2 Å². The van der Waals surface area contributed by atoms with Crippen LogP contribution in [0.5, 0.6) is 0 Å². The molecule has 0 aromatic carbocycles. The average molecular weight is 433 g/mol. The van der Waals surface area contributed by atoms with Gasteiger partial charge in [0.25, 0.3) is 0 Å². The van der Waals surface area contributed by atoms with Crippen molar-refractivity contribution in [3.8, 4) is 0 Å². The normalized spacial score (nSPS) is 24.7. The largest absolute Gasteiger partial charge is 0.481 e. The van der Waals surface area contributed by atoms with E-state index in [1.807, 2.05) is 12.4 Å². The molecule has 2 unspecified atom stereocenters. The van der Waals surface area contributed by atoms with Crippen molar-refractivity contribution < 1.29 is 4.57 Å². The molecule has 0 N–H and O–H groups in total. The van der Waals surface area contributed by atoms with Gasteiger partial charge in [-0.2, -0.15) is 0 Å². The molecule has 0 amide bonds. The van der Waals surface area contributed by atoms with E-state index >= 15 is 0 Å². The van der Waals surface area contributed by atoms with Gasteiger partial charge in [0.1, 0.15) is 6.20 Å². The first-order valence-electron chi connectivity index (χ1n) is 12.2. The molecule has 0 saturated carbocycles. The Hall–Kier alpha value is -2.44. The Kier molecular flexibility index (Phi) is 5.80. The molecule has 2 atom stereocenters. The second-order valence-corrected chi connectivity index (χ2v) is 10.4. The fourth-order valence-electron chi connectivity index (χ4n) is 6.48. The van der Waals surface area contributed by atoms with Crippen molar-refractivity contribution in [3.63, 3.8) is 0 Å². The van der Waals surface area contributed by atoms with E-state index in [4.69, 9.17) is 15.0 Å². The molecule has 6 nitrogen and oxygen atoms in total. The van der Waals surface area contributed by atoms with Crippen molar-refractivity contribution in [2.75, 3.05) is 9.62 Å². The first-order valence-corrected chi connectivity index (χ1v) is 12.2. The number of aromatic nitrogens is 4. The summed E-state index contributed by atoms with van der Waals surface area (Å²) in [6.45, 7) is 16.5. The summed E-state index contributed by atoms with van der Waals surface area (Å²) in [5.74, 6) is 1.77. The van der Waals surface area contributed by atoms with Crippen LogP contribution < -0.4 is 14.2 Å². The molecule has 2 aromatic heterocycles. The molecule has 4 rings (SSSR count). The summed E-state index contributed by atoms with van der Waals surface area (Å²) in [6.07, 6.45) is 15.7. The summed E-state index contributed by atoms with van der Waals surface area (Å²) in [5, 5.41) is -0.0955. The highest BCUT2D eigenvalue weighted by Gasteiger charge is 2.73. The Labute approximate surface area is 193 Å². The second-order valence-electron chi connectivity index (χ2n) is 10.4. The summed E-state index contributed by atoms with van der Waals surface area (Å²) >= 11 is 0. The number of hydrogen-bond donors (Lipinski definition) is 0. The number of aryl methyl sites for hydroxylation is 1. The van der Waals surface area contributed by atoms with Crippen molar-refractivity contribution in [2.45, 2.75) is 91.4 Å². The van der Waals surface area contributed by atoms with E-state index in [1.165, 1.54) is 0 Å². The third-order valence-corrected chi connectivity index (χ3v) is 8.11. The van der Waals surface area contributed by atoms with Crippen molar-refractivity contribution >= 4 is 18.9 Å². The van der Waals surface area contributed by atoms with Crippen molar-refractivity contribution in [3.05, 3.63) is 48.8 Å². The molecule has 4 heterocycles. The van der Waals surface area contributed by atoms with Crippen LogP contribution in [0.2, 0.25) is 5.31 Å². The minimum atomic E-state index is -0.130. The molecule has 0 fully saturated rings. The molecule has 7 heteroatoms. The maximum Gasteiger partial charge on any atom is 0.481 e. The SMILES string of the molecule is CCCCc1ccnc(N2C=CN3B2C(CC)(C(C)(C)C)C(C)(CC)[n+]2cccnc23)n1. The van der Waals surface area contributed by atoms with E-state index in [2.05, 4.69) is 93.4 Å². The summed E-state index contributed by atoms with van der Waals surface area (Å²) in [4.78, 5) is 19.2. The number of anilines is 2. The Morgan fingerprint density at radius 3 is 2.44 bits per heavy atom. The predicted molar refractivity (Wildman–Crippen MR) is 131 cm³/mol. The van der Waals surface area contributed by atoms with Crippen molar-refractivity contribution in [1.82, 2.24) is 15.0 Å². The predicted octanol–water partition coefficient (Wildman–Crippen LogP) is 5.12. The molecule has 170 valence electrons. The Morgan fingerprint density at radius 1 is 1.03 bits per heavy atom. The summed E-state index contributed by atoms with van der Waals surface area (Å²) in [5.41, 5.74) is 0.998. The minimum Gasteiger partial charge on any atom is -0.323 e. The second kappa shape index (κ2) is 8.16. The van der Waals surface area contributed by atoms with Crippen LogP contribution >= 0.6 is 0 Å². The van der Waals surface area contributed by atoms with Crippen LogP contribution in [0.15, 0.2) is 43.1 Å². The smallest absolute Gasteiger partial charge is 0.323 e. The van der Waals surface area contributed by atoms with Crippen LogP contribution in [0.3, 0.4) is 0 Å². The zero-order chi connectivity index (χ0) is 23.1. The number of hydrogen-bond acceptors (Lipinski definition) is 5.